The van der Waals surface area contributed by atoms with Crippen molar-refractivity contribution in [1.82, 2.24) is 10.1 Å². The summed E-state index contributed by atoms with van der Waals surface area (Å²) in [6.45, 7) is 2.06. The lowest BCUT2D eigenvalue weighted by atomic mass is 10.2. The SMILES string of the molecule is ClCc1nc([C@H]2[C@@H]3CN(c4cccc(Cl)c4)C[C@@H]32)no1. The molecule has 1 aromatic heterocycles. The van der Waals surface area contributed by atoms with Gasteiger partial charge in [-0.2, -0.15) is 4.98 Å². The number of alkyl halides is 1. The first-order chi connectivity index (χ1) is 9.76. The van der Waals surface area contributed by atoms with Crippen molar-refractivity contribution in [1.29, 1.82) is 0 Å². The quantitative estimate of drug-likeness (QED) is 0.816. The Kier molecular flexibility index (Phi) is 2.89. The zero-order valence-electron chi connectivity index (χ0n) is 10.7. The molecule has 1 aliphatic heterocycles. The van der Waals surface area contributed by atoms with E-state index in [4.69, 9.17) is 27.7 Å². The molecule has 0 unspecified atom stereocenters. The predicted octanol–water partition coefficient (Wildman–Crippen LogP) is 3.31. The van der Waals surface area contributed by atoms with Crippen molar-refractivity contribution >= 4 is 28.9 Å². The summed E-state index contributed by atoms with van der Waals surface area (Å²) in [5.74, 6) is 3.29. The summed E-state index contributed by atoms with van der Waals surface area (Å²) in [7, 11) is 0. The van der Waals surface area contributed by atoms with Crippen molar-refractivity contribution in [2.24, 2.45) is 11.8 Å². The van der Waals surface area contributed by atoms with Crippen molar-refractivity contribution in [3.63, 3.8) is 0 Å². The summed E-state index contributed by atoms with van der Waals surface area (Å²) in [4.78, 5) is 6.71. The predicted molar refractivity (Wildman–Crippen MR) is 77.2 cm³/mol. The molecular formula is C14H13Cl2N3O. The Morgan fingerprint density at radius 3 is 2.75 bits per heavy atom. The number of rotatable bonds is 3. The van der Waals surface area contributed by atoms with Crippen molar-refractivity contribution in [3.8, 4) is 0 Å². The monoisotopic (exact) mass is 309 g/mol. The van der Waals surface area contributed by atoms with Crippen LogP contribution < -0.4 is 4.90 Å². The van der Waals surface area contributed by atoms with E-state index >= 15 is 0 Å². The molecule has 0 radical (unpaired) electrons. The van der Waals surface area contributed by atoms with Gasteiger partial charge in [0.15, 0.2) is 5.82 Å². The molecule has 1 aromatic carbocycles. The van der Waals surface area contributed by atoms with Gasteiger partial charge in [-0.3, -0.25) is 0 Å². The topological polar surface area (TPSA) is 42.2 Å². The number of hydrogen-bond acceptors (Lipinski definition) is 4. The normalized spacial score (nSPS) is 27.7. The molecule has 2 aromatic rings. The van der Waals surface area contributed by atoms with Gasteiger partial charge >= 0.3 is 0 Å². The van der Waals surface area contributed by atoms with Crippen LogP contribution >= 0.6 is 23.2 Å². The molecule has 104 valence electrons. The summed E-state index contributed by atoms with van der Waals surface area (Å²) < 4.78 is 5.08. The fourth-order valence-electron chi connectivity index (χ4n) is 3.25. The van der Waals surface area contributed by atoms with Gasteiger partial charge in [-0.15, -0.1) is 11.6 Å². The third kappa shape index (κ3) is 1.98. The van der Waals surface area contributed by atoms with Crippen LogP contribution in [-0.2, 0) is 5.88 Å². The van der Waals surface area contributed by atoms with Gasteiger partial charge in [-0.25, -0.2) is 0 Å². The van der Waals surface area contributed by atoms with Gasteiger partial charge in [0.25, 0.3) is 0 Å². The second kappa shape index (κ2) is 4.64. The molecule has 2 aliphatic rings. The molecule has 0 amide bonds. The van der Waals surface area contributed by atoms with Crippen LogP contribution in [0.2, 0.25) is 5.02 Å². The molecule has 6 heteroatoms. The van der Waals surface area contributed by atoms with E-state index in [2.05, 4.69) is 21.1 Å². The van der Waals surface area contributed by atoms with E-state index in [1.54, 1.807) is 0 Å². The zero-order valence-corrected chi connectivity index (χ0v) is 12.2. The minimum atomic E-state index is 0.281. The third-order valence-electron chi connectivity index (χ3n) is 4.26. The lowest BCUT2D eigenvalue weighted by molar-refractivity contribution is 0.383. The second-order valence-electron chi connectivity index (χ2n) is 5.42. The summed E-state index contributed by atoms with van der Waals surface area (Å²) in [6.07, 6.45) is 0. The number of piperidine rings is 1. The second-order valence-corrected chi connectivity index (χ2v) is 6.12. The van der Waals surface area contributed by atoms with Crippen molar-refractivity contribution in [2.75, 3.05) is 18.0 Å². The first kappa shape index (κ1) is 12.5. The molecule has 1 saturated heterocycles. The van der Waals surface area contributed by atoms with E-state index in [1.165, 1.54) is 5.69 Å². The number of hydrogen-bond donors (Lipinski definition) is 0. The number of anilines is 1. The number of benzene rings is 1. The maximum Gasteiger partial charge on any atom is 0.241 e. The van der Waals surface area contributed by atoms with Gasteiger partial charge in [0, 0.05) is 29.7 Å². The smallest absolute Gasteiger partial charge is 0.241 e. The Morgan fingerprint density at radius 1 is 1.30 bits per heavy atom. The first-order valence-electron chi connectivity index (χ1n) is 6.65. The van der Waals surface area contributed by atoms with Gasteiger partial charge in [-0.1, -0.05) is 22.8 Å². The molecule has 1 saturated carbocycles. The Bertz CT molecular complexity index is 633. The summed E-state index contributed by atoms with van der Waals surface area (Å²) >= 11 is 11.7. The molecule has 0 N–H and O–H groups in total. The van der Waals surface area contributed by atoms with Crippen LogP contribution in [0.3, 0.4) is 0 Å². The Hall–Kier alpha value is -1.26. The highest BCUT2D eigenvalue weighted by atomic mass is 35.5. The van der Waals surface area contributed by atoms with Gasteiger partial charge in [0.2, 0.25) is 5.89 Å². The van der Waals surface area contributed by atoms with Crippen LogP contribution in [0, 0.1) is 11.8 Å². The average Bonchev–Trinajstić information content (AvgIpc) is 2.87. The van der Waals surface area contributed by atoms with E-state index in [9.17, 15) is 0 Å². The van der Waals surface area contributed by atoms with Crippen molar-refractivity contribution in [3.05, 3.63) is 41.0 Å². The maximum atomic E-state index is 6.04. The van der Waals surface area contributed by atoms with Gasteiger partial charge in [0.05, 0.1) is 0 Å². The molecule has 4 rings (SSSR count). The standard InChI is InChI=1S/C14H13Cl2N3O/c15-5-12-17-14(18-20-12)13-10-6-19(7-11(10)13)9-3-1-2-8(16)4-9/h1-4,10-11,13H,5-7H2/t10-,11+,13+. The van der Waals surface area contributed by atoms with Crippen LogP contribution in [0.1, 0.15) is 17.6 Å². The number of fused-ring (bicyclic) bond motifs is 1. The Morgan fingerprint density at radius 2 is 2.10 bits per heavy atom. The molecule has 2 heterocycles. The zero-order chi connectivity index (χ0) is 13.7. The summed E-state index contributed by atoms with van der Waals surface area (Å²) in [5.41, 5.74) is 1.19. The molecular weight excluding hydrogens is 297 g/mol. The fraction of sp³-hybridized carbons (Fsp3) is 0.429. The molecule has 3 atom stereocenters. The van der Waals surface area contributed by atoms with Crippen LogP contribution in [0.5, 0.6) is 0 Å². The highest BCUT2D eigenvalue weighted by molar-refractivity contribution is 6.30. The number of nitrogens with zero attached hydrogens (tertiary/aromatic N) is 3. The van der Waals surface area contributed by atoms with E-state index < -0.39 is 0 Å². The molecule has 4 nitrogen and oxygen atoms in total. The van der Waals surface area contributed by atoms with E-state index in [0.29, 0.717) is 23.6 Å². The van der Waals surface area contributed by atoms with Crippen LogP contribution in [-0.4, -0.2) is 23.2 Å². The van der Waals surface area contributed by atoms with Gasteiger partial charge < -0.3 is 9.42 Å². The van der Waals surface area contributed by atoms with Gasteiger partial charge in [-0.05, 0) is 30.0 Å². The van der Waals surface area contributed by atoms with Crippen molar-refractivity contribution < 1.29 is 4.52 Å². The largest absolute Gasteiger partial charge is 0.371 e. The van der Waals surface area contributed by atoms with E-state index in [-0.39, 0.29) is 5.88 Å². The Balaban J connectivity index is 1.46. The lowest BCUT2D eigenvalue weighted by Gasteiger charge is -2.21. The fourth-order valence-corrected chi connectivity index (χ4v) is 3.54. The van der Waals surface area contributed by atoms with Crippen LogP contribution in [0.25, 0.3) is 0 Å². The number of halogens is 2. The molecule has 1 aliphatic carbocycles. The van der Waals surface area contributed by atoms with E-state index in [0.717, 1.165) is 23.9 Å². The molecule has 0 spiro atoms. The minimum Gasteiger partial charge on any atom is -0.371 e. The van der Waals surface area contributed by atoms with Gasteiger partial charge in [0.1, 0.15) is 5.88 Å². The third-order valence-corrected chi connectivity index (χ3v) is 4.73. The van der Waals surface area contributed by atoms with Crippen molar-refractivity contribution in [2.45, 2.75) is 11.8 Å². The first-order valence-corrected chi connectivity index (χ1v) is 7.56. The van der Waals surface area contributed by atoms with E-state index in [1.807, 2.05) is 18.2 Å². The highest BCUT2D eigenvalue weighted by Crippen LogP contribution is 2.57. The molecule has 20 heavy (non-hydrogen) atoms. The average molecular weight is 310 g/mol. The van der Waals surface area contributed by atoms with Crippen LogP contribution in [0.4, 0.5) is 5.69 Å². The summed E-state index contributed by atoms with van der Waals surface area (Å²) in [5, 5.41) is 4.82. The molecule has 2 fully saturated rings. The maximum absolute atomic E-state index is 6.04. The lowest BCUT2D eigenvalue weighted by Crippen LogP contribution is -2.23. The Labute approximate surface area is 126 Å². The number of aromatic nitrogens is 2. The summed E-state index contributed by atoms with van der Waals surface area (Å²) in [6, 6.07) is 8.01. The highest BCUT2D eigenvalue weighted by Gasteiger charge is 2.58. The van der Waals surface area contributed by atoms with Crippen LogP contribution in [0.15, 0.2) is 28.8 Å². The molecule has 0 bridgehead atoms. The minimum absolute atomic E-state index is 0.281.